The molecule has 7 heteroatoms. The molecule has 0 unspecified atom stereocenters. The number of hydrogen-bond donors (Lipinski definition) is 0. The van der Waals surface area contributed by atoms with Crippen LogP contribution in [0.4, 0.5) is 0 Å². The molecule has 0 saturated heterocycles. The van der Waals surface area contributed by atoms with Crippen molar-refractivity contribution in [3.8, 4) is 0 Å². The van der Waals surface area contributed by atoms with Crippen LogP contribution in [0.2, 0.25) is 5.02 Å². The summed E-state index contributed by atoms with van der Waals surface area (Å²) < 4.78 is 11.8. The number of esters is 1. The van der Waals surface area contributed by atoms with Crippen LogP contribution in [0.5, 0.6) is 0 Å². The standard InChI is InChI=1S/C13H16ClN3O3/c1-13(2,20-4)6-10-15-16-11-9(14)5-8(7-17(10)11)12(18)19-3/h5,7H,6H2,1-4H3. The molecule has 0 aliphatic rings. The predicted octanol–water partition coefficient (Wildman–Crippen LogP) is 2.14. The Labute approximate surface area is 121 Å². The van der Waals surface area contributed by atoms with Gasteiger partial charge in [-0.3, -0.25) is 4.40 Å². The highest BCUT2D eigenvalue weighted by Crippen LogP contribution is 2.22. The van der Waals surface area contributed by atoms with Crippen molar-refractivity contribution in [2.24, 2.45) is 0 Å². The van der Waals surface area contributed by atoms with Gasteiger partial charge in [-0.15, -0.1) is 10.2 Å². The van der Waals surface area contributed by atoms with Crippen molar-refractivity contribution < 1.29 is 14.3 Å². The van der Waals surface area contributed by atoms with E-state index < -0.39 is 11.6 Å². The Kier molecular flexibility index (Phi) is 3.96. The summed E-state index contributed by atoms with van der Waals surface area (Å²) in [4.78, 5) is 11.6. The van der Waals surface area contributed by atoms with Gasteiger partial charge in [-0.1, -0.05) is 11.6 Å². The quantitative estimate of drug-likeness (QED) is 0.809. The molecule has 2 aromatic rings. The highest BCUT2D eigenvalue weighted by atomic mass is 35.5. The third-order valence-corrected chi connectivity index (χ3v) is 3.37. The first kappa shape index (κ1) is 14.7. The van der Waals surface area contributed by atoms with Crippen molar-refractivity contribution >= 4 is 23.2 Å². The van der Waals surface area contributed by atoms with Gasteiger partial charge in [0.25, 0.3) is 0 Å². The van der Waals surface area contributed by atoms with Gasteiger partial charge in [0.15, 0.2) is 5.65 Å². The maximum Gasteiger partial charge on any atom is 0.339 e. The van der Waals surface area contributed by atoms with Crippen molar-refractivity contribution in [1.82, 2.24) is 14.6 Å². The average Bonchev–Trinajstić information content (AvgIpc) is 2.81. The molecule has 0 aliphatic heterocycles. The molecule has 2 rings (SSSR count). The van der Waals surface area contributed by atoms with Crippen LogP contribution in [-0.4, -0.2) is 40.4 Å². The van der Waals surface area contributed by atoms with Crippen LogP contribution in [0.25, 0.3) is 5.65 Å². The molecule has 2 aromatic heterocycles. The fourth-order valence-electron chi connectivity index (χ4n) is 1.80. The van der Waals surface area contributed by atoms with E-state index in [1.807, 2.05) is 13.8 Å². The van der Waals surface area contributed by atoms with E-state index in [1.165, 1.54) is 13.2 Å². The SMILES string of the molecule is COC(=O)c1cc(Cl)c2nnc(CC(C)(C)OC)n2c1. The number of methoxy groups -OCH3 is 2. The highest BCUT2D eigenvalue weighted by molar-refractivity contribution is 6.33. The van der Waals surface area contributed by atoms with Crippen LogP contribution in [0.1, 0.15) is 30.0 Å². The topological polar surface area (TPSA) is 65.7 Å². The van der Waals surface area contributed by atoms with Crippen LogP contribution >= 0.6 is 11.6 Å². The largest absolute Gasteiger partial charge is 0.465 e. The Balaban J connectivity index is 2.52. The first-order valence-electron chi connectivity index (χ1n) is 6.04. The number of aromatic nitrogens is 3. The molecule has 0 aliphatic carbocycles. The van der Waals surface area contributed by atoms with Crippen LogP contribution in [-0.2, 0) is 15.9 Å². The maximum absolute atomic E-state index is 11.6. The molecule has 0 aromatic carbocycles. The zero-order valence-electron chi connectivity index (χ0n) is 11.8. The number of hydrogen-bond acceptors (Lipinski definition) is 5. The summed E-state index contributed by atoms with van der Waals surface area (Å²) in [5.74, 6) is 0.207. The van der Waals surface area contributed by atoms with Gasteiger partial charge in [-0.25, -0.2) is 4.79 Å². The van der Waals surface area contributed by atoms with Crippen molar-refractivity contribution in [3.63, 3.8) is 0 Å². The van der Waals surface area contributed by atoms with Gasteiger partial charge in [-0.2, -0.15) is 0 Å². The van der Waals surface area contributed by atoms with Crippen LogP contribution in [0, 0.1) is 0 Å². The van der Waals surface area contributed by atoms with Crippen molar-refractivity contribution in [2.75, 3.05) is 14.2 Å². The number of carbonyl (C=O) groups is 1. The Morgan fingerprint density at radius 2 is 2.10 bits per heavy atom. The van der Waals surface area contributed by atoms with Gasteiger partial charge >= 0.3 is 5.97 Å². The summed E-state index contributed by atoms with van der Waals surface area (Å²) in [5.41, 5.74) is 0.457. The lowest BCUT2D eigenvalue weighted by Crippen LogP contribution is -2.26. The predicted molar refractivity (Wildman–Crippen MR) is 74.1 cm³/mol. The Morgan fingerprint density at radius 1 is 1.40 bits per heavy atom. The highest BCUT2D eigenvalue weighted by Gasteiger charge is 2.22. The van der Waals surface area contributed by atoms with Crippen LogP contribution in [0.3, 0.4) is 0 Å². The molecule has 0 saturated carbocycles. The van der Waals surface area contributed by atoms with Gasteiger partial charge in [0.2, 0.25) is 0 Å². The first-order chi connectivity index (χ1) is 9.38. The minimum absolute atomic E-state index is 0.348. The van der Waals surface area contributed by atoms with Gasteiger partial charge in [-0.05, 0) is 19.9 Å². The van der Waals surface area contributed by atoms with E-state index in [1.54, 1.807) is 17.7 Å². The van der Waals surface area contributed by atoms with Gasteiger partial charge < -0.3 is 9.47 Å². The molecule has 0 bridgehead atoms. The second-order valence-electron chi connectivity index (χ2n) is 5.02. The first-order valence-corrected chi connectivity index (χ1v) is 6.42. The number of halogens is 1. The molecule has 2 heterocycles. The van der Waals surface area contributed by atoms with Gasteiger partial charge in [0.1, 0.15) is 5.82 Å². The van der Waals surface area contributed by atoms with Gasteiger partial charge in [0.05, 0.1) is 23.3 Å². The van der Waals surface area contributed by atoms with Crippen molar-refractivity contribution in [3.05, 3.63) is 28.7 Å². The number of carbonyl (C=O) groups excluding carboxylic acids is 1. The zero-order chi connectivity index (χ0) is 14.9. The molecule has 108 valence electrons. The molecule has 0 radical (unpaired) electrons. The van der Waals surface area contributed by atoms with E-state index in [9.17, 15) is 4.79 Å². The maximum atomic E-state index is 11.6. The summed E-state index contributed by atoms with van der Waals surface area (Å²) in [5, 5.41) is 8.50. The lowest BCUT2D eigenvalue weighted by Gasteiger charge is -2.21. The smallest absolute Gasteiger partial charge is 0.339 e. The average molecular weight is 298 g/mol. The Bertz CT molecular complexity index is 652. The summed E-state index contributed by atoms with van der Waals surface area (Å²) in [6.45, 7) is 3.89. The monoisotopic (exact) mass is 297 g/mol. The zero-order valence-corrected chi connectivity index (χ0v) is 12.6. The third kappa shape index (κ3) is 2.76. The molecule has 0 atom stereocenters. The minimum atomic E-state index is -0.459. The van der Waals surface area contributed by atoms with Crippen molar-refractivity contribution in [2.45, 2.75) is 25.9 Å². The number of pyridine rings is 1. The van der Waals surface area contributed by atoms with Gasteiger partial charge in [0, 0.05) is 19.7 Å². The van der Waals surface area contributed by atoms with E-state index in [4.69, 9.17) is 21.1 Å². The second-order valence-corrected chi connectivity index (χ2v) is 5.43. The number of nitrogens with zero attached hydrogens (tertiary/aromatic N) is 3. The number of rotatable bonds is 4. The molecule has 0 N–H and O–H groups in total. The summed E-state index contributed by atoms with van der Waals surface area (Å²) in [6, 6.07) is 1.52. The lowest BCUT2D eigenvalue weighted by molar-refractivity contribution is 0.0214. The summed E-state index contributed by atoms with van der Waals surface area (Å²) >= 11 is 6.12. The minimum Gasteiger partial charge on any atom is -0.465 e. The molecule has 0 amide bonds. The van der Waals surface area contributed by atoms with E-state index in [-0.39, 0.29) is 0 Å². The Hall–Kier alpha value is -1.66. The normalized spacial score (nSPS) is 11.8. The fraction of sp³-hybridized carbons (Fsp3) is 0.462. The summed E-state index contributed by atoms with van der Waals surface area (Å²) in [6.07, 6.45) is 2.15. The molecule has 6 nitrogen and oxygen atoms in total. The molecule has 0 fully saturated rings. The van der Waals surface area contributed by atoms with E-state index in [0.717, 1.165) is 0 Å². The van der Waals surface area contributed by atoms with Crippen LogP contribution in [0.15, 0.2) is 12.3 Å². The fourth-order valence-corrected chi connectivity index (χ4v) is 2.05. The van der Waals surface area contributed by atoms with E-state index in [0.29, 0.717) is 28.5 Å². The lowest BCUT2D eigenvalue weighted by atomic mass is 10.1. The van der Waals surface area contributed by atoms with E-state index >= 15 is 0 Å². The number of fused-ring (bicyclic) bond motifs is 1. The molecule has 0 spiro atoms. The van der Waals surface area contributed by atoms with Crippen molar-refractivity contribution in [1.29, 1.82) is 0 Å². The summed E-state index contributed by atoms with van der Waals surface area (Å²) in [7, 11) is 2.96. The third-order valence-electron chi connectivity index (χ3n) is 3.09. The Morgan fingerprint density at radius 3 is 2.70 bits per heavy atom. The second kappa shape index (κ2) is 5.38. The number of ether oxygens (including phenoxy) is 2. The molecular weight excluding hydrogens is 282 g/mol. The van der Waals surface area contributed by atoms with E-state index in [2.05, 4.69) is 10.2 Å². The molecule has 20 heavy (non-hydrogen) atoms. The molecular formula is C13H16ClN3O3. The van der Waals surface area contributed by atoms with Crippen LogP contribution < -0.4 is 0 Å².